The lowest BCUT2D eigenvalue weighted by Gasteiger charge is -2.32. The molecule has 1 atom stereocenters. The molecule has 0 aromatic heterocycles. The van der Waals surface area contributed by atoms with Crippen LogP contribution in [0.2, 0.25) is 0 Å². The Morgan fingerprint density at radius 3 is 3.00 bits per heavy atom. The highest BCUT2D eigenvalue weighted by molar-refractivity contribution is 4.84. The second kappa shape index (κ2) is 8.55. The molecule has 17 heavy (non-hydrogen) atoms. The van der Waals surface area contributed by atoms with Crippen molar-refractivity contribution in [1.82, 2.24) is 10.2 Å². The predicted octanol–water partition coefficient (Wildman–Crippen LogP) is 2.36. The molecule has 1 N–H and O–H groups in total. The minimum Gasteiger partial charge on any atom is -0.316 e. The number of hydrogen-bond donors (Lipinski definition) is 1. The second-order valence-electron chi connectivity index (χ2n) is 5.67. The summed E-state index contributed by atoms with van der Waals surface area (Å²) in [6.45, 7) is 10.6. The normalized spacial score (nSPS) is 21.6. The van der Waals surface area contributed by atoms with Gasteiger partial charge in [-0.25, -0.2) is 0 Å². The van der Waals surface area contributed by atoms with Gasteiger partial charge in [-0.2, -0.15) is 0 Å². The van der Waals surface area contributed by atoms with E-state index in [0.717, 1.165) is 31.2 Å². The first-order valence-electron chi connectivity index (χ1n) is 7.09. The number of nitrogens with zero attached hydrogens (tertiary/aromatic N) is 1. The van der Waals surface area contributed by atoms with E-state index >= 15 is 0 Å². The summed E-state index contributed by atoms with van der Waals surface area (Å²) in [5.41, 5.74) is 0. The quantitative estimate of drug-likeness (QED) is 0.539. The van der Waals surface area contributed by atoms with Crippen LogP contribution < -0.4 is 5.32 Å². The number of unbranched alkanes of at least 4 members (excludes halogenated alkanes) is 1. The van der Waals surface area contributed by atoms with Crippen LogP contribution >= 0.6 is 0 Å². The maximum atomic E-state index is 5.29. The summed E-state index contributed by atoms with van der Waals surface area (Å²) >= 11 is 0. The van der Waals surface area contributed by atoms with Crippen LogP contribution in [0.5, 0.6) is 0 Å². The molecule has 98 valence electrons. The van der Waals surface area contributed by atoms with Crippen LogP contribution in [0, 0.1) is 24.2 Å². The number of piperidine rings is 1. The third kappa shape index (κ3) is 6.71. The van der Waals surface area contributed by atoms with E-state index in [4.69, 9.17) is 6.42 Å². The van der Waals surface area contributed by atoms with Crippen molar-refractivity contribution in [3.05, 3.63) is 0 Å². The number of hydrogen-bond acceptors (Lipinski definition) is 2. The summed E-state index contributed by atoms with van der Waals surface area (Å²) in [6, 6.07) is 0. The molecular weight excluding hydrogens is 208 g/mol. The Balaban J connectivity index is 2.13. The van der Waals surface area contributed by atoms with Gasteiger partial charge in [0.2, 0.25) is 0 Å². The van der Waals surface area contributed by atoms with Crippen LogP contribution in [0.1, 0.15) is 39.5 Å². The number of likely N-dealkylation sites (tertiary alicyclic amines) is 1. The molecule has 1 unspecified atom stereocenters. The van der Waals surface area contributed by atoms with E-state index in [1.54, 1.807) is 0 Å². The minimum atomic E-state index is 0.755. The van der Waals surface area contributed by atoms with Gasteiger partial charge in [-0.15, -0.1) is 12.3 Å². The van der Waals surface area contributed by atoms with Gasteiger partial charge in [0.15, 0.2) is 0 Å². The molecule has 0 spiro atoms. The molecule has 0 bridgehead atoms. The third-order valence-electron chi connectivity index (χ3n) is 3.38. The van der Waals surface area contributed by atoms with Gasteiger partial charge < -0.3 is 10.2 Å². The van der Waals surface area contributed by atoms with Crippen molar-refractivity contribution in [2.24, 2.45) is 11.8 Å². The second-order valence-corrected chi connectivity index (χ2v) is 5.67. The zero-order valence-corrected chi connectivity index (χ0v) is 11.5. The Bertz CT molecular complexity index is 230. The van der Waals surface area contributed by atoms with Crippen molar-refractivity contribution in [3.8, 4) is 12.3 Å². The van der Waals surface area contributed by atoms with E-state index in [1.807, 2.05) is 0 Å². The van der Waals surface area contributed by atoms with Crippen LogP contribution in [0.15, 0.2) is 0 Å². The van der Waals surface area contributed by atoms with Crippen LogP contribution in [-0.2, 0) is 0 Å². The van der Waals surface area contributed by atoms with Crippen LogP contribution in [-0.4, -0.2) is 37.6 Å². The molecule has 1 aliphatic rings. The lowest BCUT2D eigenvalue weighted by Crippen LogP contribution is -2.40. The van der Waals surface area contributed by atoms with Gasteiger partial charge in [0, 0.05) is 13.0 Å². The van der Waals surface area contributed by atoms with Gasteiger partial charge in [0.1, 0.15) is 0 Å². The number of terminal acetylenes is 1. The van der Waals surface area contributed by atoms with Gasteiger partial charge in [-0.1, -0.05) is 13.8 Å². The van der Waals surface area contributed by atoms with Gasteiger partial charge in [-0.3, -0.25) is 0 Å². The summed E-state index contributed by atoms with van der Waals surface area (Å²) in [6.07, 6.45) is 10.1. The zero-order valence-electron chi connectivity index (χ0n) is 11.5. The zero-order chi connectivity index (χ0) is 12.5. The molecule has 2 nitrogen and oxygen atoms in total. The Morgan fingerprint density at radius 2 is 2.29 bits per heavy atom. The maximum absolute atomic E-state index is 5.29. The maximum Gasteiger partial charge on any atom is 0.00982 e. The summed E-state index contributed by atoms with van der Waals surface area (Å²) in [5.74, 6) is 4.32. The van der Waals surface area contributed by atoms with E-state index in [9.17, 15) is 0 Å². The topological polar surface area (TPSA) is 15.3 Å². The van der Waals surface area contributed by atoms with Gasteiger partial charge in [-0.05, 0) is 57.3 Å². The van der Waals surface area contributed by atoms with Gasteiger partial charge in [0.25, 0.3) is 0 Å². The molecule has 0 aromatic carbocycles. The largest absolute Gasteiger partial charge is 0.316 e. The molecule has 1 heterocycles. The fraction of sp³-hybridized carbons (Fsp3) is 0.867. The Morgan fingerprint density at radius 1 is 1.47 bits per heavy atom. The van der Waals surface area contributed by atoms with E-state index < -0.39 is 0 Å². The molecule has 1 saturated heterocycles. The van der Waals surface area contributed by atoms with E-state index in [1.165, 1.54) is 39.0 Å². The van der Waals surface area contributed by atoms with Crippen molar-refractivity contribution >= 4 is 0 Å². The fourth-order valence-electron chi connectivity index (χ4n) is 2.50. The molecule has 2 heteroatoms. The van der Waals surface area contributed by atoms with E-state index in [2.05, 4.69) is 30.0 Å². The Kier molecular flexibility index (Phi) is 7.32. The van der Waals surface area contributed by atoms with E-state index in [0.29, 0.717) is 0 Å². The average molecular weight is 236 g/mol. The monoisotopic (exact) mass is 236 g/mol. The lowest BCUT2D eigenvalue weighted by molar-refractivity contribution is 0.171. The van der Waals surface area contributed by atoms with Crippen molar-refractivity contribution in [3.63, 3.8) is 0 Å². The Hall–Kier alpha value is -0.520. The number of rotatable bonds is 7. The summed E-state index contributed by atoms with van der Waals surface area (Å²) < 4.78 is 0. The molecule has 1 fully saturated rings. The fourth-order valence-corrected chi connectivity index (χ4v) is 2.50. The molecule has 0 radical (unpaired) electrons. The molecule has 1 aliphatic heterocycles. The Labute approximate surface area is 107 Å². The molecular formula is C15H28N2. The highest BCUT2D eigenvalue weighted by Crippen LogP contribution is 2.16. The summed E-state index contributed by atoms with van der Waals surface area (Å²) in [4.78, 5) is 2.59. The lowest BCUT2D eigenvalue weighted by atomic mass is 9.97. The van der Waals surface area contributed by atoms with Crippen LogP contribution in [0.4, 0.5) is 0 Å². The molecule has 0 saturated carbocycles. The predicted molar refractivity (Wildman–Crippen MR) is 74.9 cm³/mol. The van der Waals surface area contributed by atoms with E-state index in [-0.39, 0.29) is 0 Å². The van der Waals surface area contributed by atoms with Crippen LogP contribution in [0.3, 0.4) is 0 Å². The van der Waals surface area contributed by atoms with Crippen molar-refractivity contribution in [2.45, 2.75) is 39.5 Å². The minimum absolute atomic E-state index is 0.755. The smallest absolute Gasteiger partial charge is 0.00982 e. The summed E-state index contributed by atoms with van der Waals surface area (Å²) in [5, 5.41) is 3.58. The first-order chi connectivity index (χ1) is 8.22. The highest BCUT2D eigenvalue weighted by Gasteiger charge is 2.18. The summed E-state index contributed by atoms with van der Waals surface area (Å²) in [7, 11) is 0. The van der Waals surface area contributed by atoms with Gasteiger partial charge >= 0.3 is 0 Å². The first-order valence-corrected chi connectivity index (χ1v) is 7.09. The SMILES string of the molecule is C#CCCCN1CCCC(CNCC(C)C)C1. The van der Waals surface area contributed by atoms with Crippen LogP contribution in [0.25, 0.3) is 0 Å². The average Bonchev–Trinajstić information content (AvgIpc) is 2.29. The molecule has 0 amide bonds. The van der Waals surface area contributed by atoms with Crippen molar-refractivity contribution in [2.75, 3.05) is 32.7 Å². The highest BCUT2D eigenvalue weighted by atomic mass is 15.1. The van der Waals surface area contributed by atoms with Crippen molar-refractivity contribution < 1.29 is 0 Å². The first kappa shape index (κ1) is 14.5. The third-order valence-corrected chi connectivity index (χ3v) is 3.38. The molecule has 0 aliphatic carbocycles. The van der Waals surface area contributed by atoms with Gasteiger partial charge in [0.05, 0.1) is 0 Å². The standard InChI is InChI=1S/C15H28N2/c1-4-5-6-9-17-10-7-8-15(13-17)12-16-11-14(2)3/h1,14-16H,5-13H2,2-3H3. The molecule has 1 rings (SSSR count). The van der Waals surface area contributed by atoms with Crippen molar-refractivity contribution in [1.29, 1.82) is 0 Å². The molecule has 0 aromatic rings. The number of nitrogens with one attached hydrogen (secondary N) is 1.